The van der Waals surface area contributed by atoms with Crippen LogP contribution in [0.5, 0.6) is 0 Å². The summed E-state index contributed by atoms with van der Waals surface area (Å²) in [6.45, 7) is 7.13. The Balaban J connectivity index is 1.53. The highest BCUT2D eigenvalue weighted by molar-refractivity contribution is 7.80. The molecule has 0 aromatic rings. The highest BCUT2D eigenvalue weighted by Gasteiger charge is 2.66. The van der Waals surface area contributed by atoms with Crippen LogP contribution in [-0.2, 0) is 19.2 Å². The molecule has 32 heavy (non-hydrogen) atoms. The number of amides is 1. The molecule has 4 fully saturated rings. The van der Waals surface area contributed by atoms with E-state index in [9.17, 15) is 19.2 Å². The minimum atomic E-state index is -0.467. The van der Waals surface area contributed by atoms with Gasteiger partial charge in [-0.25, -0.2) is 0 Å². The number of rotatable bonds is 6. The van der Waals surface area contributed by atoms with Crippen LogP contribution in [0.1, 0.15) is 78.6 Å². The van der Waals surface area contributed by atoms with Crippen molar-refractivity contribution in [3.63, 3.8) is 0 Å². The lowest BCUT2D eigenvalue weighted by atomic mass is 9.44. The van der Waals surface area contributed by atoms with Gasteiger partial charge < -0.3 is 5.32 Å². The first-order valence-electron chi connectivity index (χ1n) is 12.6. The van der Waals surface area contributed by atoms with Gasteiger partial charge in [0.25, 0.3) is 0 Å². The molecule has 6 heteroatoms. The molecule has 0 aromatic heterocycles. The lowest BCUT2D eigenvalue weighted by Gasteiger charge is -2.58. The van der Waals surface area contributed by atoms with Gasteiger partial charge in [-0.15, -0.1) is 0 Å². The highest BCUT2D eigenvalue weighted by atomic mass is 32.1. The Morgan fingerprint density at radius 3 is 2.59 bits per heavy atom. The first kappa shape index (κ1) is 24.0. The number of Topliss-reactive ketones (excluding diaryl/α,β-unsaturated/α-hetero) is 3. The molecular formula is C26H39NO4S. The Kier molecular flexibility index (Phi) is 6.65. The number of ketones is 3. The summed E-state index contributed by atoms with van der Waals surface area (Å²) in [5.74, 6) is 2.35. The van der Waals surface area contributed by atoms with Crippen molar-refractivity contribution in [3.8, 4) is 0 Å². The number of nitrogens with one attached hydrogen (secondary N) is 1. The van der Waals surface area contributed by atoms with Crippen molar-refractivity contribution in [2.75, 3.05) is 12.3 Å². The van der Waals surface area contributed by atoms with Crippen LogP contribution < -0.4 is 5.32 Å². The predicted molar refractivity (Wildman–Crippen MR) is 126 cm³/mol. The fourth-order valence-corrected chi connectivity index (χ4v) is 8.35. The normalized spacial score (nSPS) is 42.1. The van der Waals surface area contributed by atoms with E-state index in [1.807, 2.05) is 0 Å². The fourth-order valence-electron chi connectivity index (χ4n) is 8.23. The van der Waals surface area contributed by atoms with Gasteiger partial charge in [0.2, 0.25) is 5.91 Å². The lowest BCUT2D eigenvalue weighted by Crippen LogP contribution is -2.60. The number of fused-ring (bicyclic) bond motifs is 5. The average Bonchev–Trinajstić information content (AvgIpc) is 3.11. The lowest BCUT2D eigenvalue weighted by molar-refractivity contribution is -0.166. The van der Waals surface area contributed by atoms with Crippen LogP contribution in [0.25, 0.3) is 0 Å². The zero-order chi connectivity index (χ0) is 23.3. The second kappa shape index (κ2) is 8.88. The molecular weight excluding hydrogens is 422 g/mol. The summed E-state index contributed by atoms with van der Waals surface area (Å²) in [4.78, 5) is 51.4. The molecule has 0 unspecified atom stereocenters. The van der Waals surface area contributed by atoms with E-state index in [0.29, 0.717) is 56.0 Å². The summed E-state index contributed by atoms with van der Waals surface area (Å²) < 4.78 is 0. The van der Waals surface area contributed by atoms with Gasteiger partial charge in [0.1, 0.15) is 17.3 Å². The molecule has 4 aliphatic carbocycles. The Morgan fingerprint density at radius 1 is 1.12 bits per heavy atom. The maximum atomic E-state index is 13.8. The minimum absolute atomic E-state index is 0.0389. The van der Waals surface area contributed by atoms with Crippen molar-refractivity contribution >= 4 is 35.9 Å². The van der Waals surface area contributed by atoms with Gasteiger partial charge in [-0.1, -0.05) is 20.8 Å². The van der Waals surface area contributed by atoms with Crippen LogP contribution in [0, 0.1) is 46.3 Å². The Hall–Kier alpha value is -1.17. The van der Waals surface area contributed by atoms with E-state index in [4.69, 9.17) is 0 Å². The molecule has 4 saturated carbocycles. The third-order valence-corrected chi connectivity index (χ3v) is 10.4. The van der Waals surface area contributed by atoms with Gasteiger partial charge >= 0.3 is 0 Å². The molecule has 0 aromatic carbocycles. The van der Waals surface area contributed by atoms with Crippen molar-refractivity contribution in [1.29, 1.82) is 0 Å². The zero-order valence-electron chi connectivity index (χ0n) is 19.8. The van der Waals surface area contributed by atoms with Crippen LogP contribution in [0.3, 0.4) is 0 Å². The van der Waals surface area contributed by atoms with Gasteiger partial charge in [-0.3, -0.25) is 19.2 Å². The van der Waals surface area contributed by atoms with E-state index in [1.54, 1.807) is 0 Å². The number of hydrogen-bond acceptors (Lipinski definition) is 5. The Morgan fingerprint density at radius 2 is 1.88 bits per heavy atom. The summed E-state index contributed by atoms with van der Waals surface area (Å²) in [6.07, 6.45) is 6.04. The number of carbonyl (C=O) groups excluding carboxylic acids is 4. The Labute approximate surface area is 197 Å². The molecule has 1 amide bonds. The number of thiol groups is 1. The highest BCUT2D eigenvalue weighted by Crippen LogP contribution is 2.66. The van der Waals surface area contributed by atoms with Crippen molar-refractivity contribution in [2.24, 2.45) is 46.3 Å². The summed E-state index contributed by atoms with van der Waals surface area (Å²) in [5.41, 5.74) is -0.538. The van der Waals surface area contributed by atoms with Crippen molar-refractivity contribution < 1.29 is 19.2 Å². The summed E-state index contributed by atoms with van der Waals surface area (Å²) >= 11 is 4.13. The molecule has 0 radical (unpaired) electrons. The molecule has 4 aliphatic rings. The average molecular weight is 462 g/mol. The second-order valence-electron chi connectivity index (χ2n) is 11.5. The molecule has 0 saturated heterocycles. The molecule has 178 valence electrons. The molecule has 0 aliphatic heterocycles. The van der Waals surface area contributed by atoms with Gasteiger partial charge in [0, 0.05) is 55.7 Å². The van der Waals surface area contributed by atoms with E-state index in [-0.39, 0.29) is 52.6 Å². The van der Waals surface area contributed by atoms with E-state index in [0.717, 1.165) is 25.7 Å². The fraction of sp³-hybridized carbons (Fsp3) is 0.846. The van der Waals surface area contributed by atoms with E-state index < -0.39 is 5.41 Å². The molecule has 5 nitrogen and oxygen atoms in total. The summed E-state index contributed by atoms with van der Waals surface area (Å²) in [6, 6.07) is 0. The van der Waals surface area contributed by atoms with Crippen LogP contribution in [0.4, 0.5) is 0 Å². The topological polar surface area (TPSA) is 80.3 Å². The zero-order valence-corrected chi connectivity index (χ0v) is 20.7. The largest absolute Gasteiger partial charge is 0.355 e. The Bertz CT molecular complexity index is 812. The van der Waals surface area contributed by atoms with E-state index in [2.05, 4.69) is 38.7 Å². The molecule has 0 heterocycles. The third-order valence-electron chi connectivity index (χ3n) is 10.2. The van der Waals surface area contributed by atoms with Gasteiger partial charge in [0.05, 0.1) is 0 Å². The maximum absolute atomic E-state index is 13.8. The second-order valence-corrected chi connectivity index (χ2v) is 12.0. The van der Waals surface area contributed by atoms with Gasteiger partial charge in [-0.2, -0.15) is 12.6 Å². The smallest absolute Gasteiger partial charge is 0.220 e. The van der Waals surface area contributed by atoms with E-state index >= 15 is 0 Å². The molecule has 8 atom stereocenters. The van der Waals surface area contributed by atoms with Gasteiger partial charge in [0.15, 0.2) is 0 Å². The van der Waals surface area contributed by atoms with Crippen LogP contribution in [0.15, 0.2) is 0 Å². The molecule has 0 bridgehead atoms. The summed E-state index contributed by atoms with van der Waals surface area (Å²) in [7, 11) is 0. The molecule has 4 rings (SSSR count). The quantitative estimate of drug-likeness (QED) is 0.585. The standard InChI is InChI=1S/C26H39NO4S/c1-15(4-7-23(31)27-10-11-32)18-5-6-19-24-20(14-22(30)26(18,19)3)25(2)9-8-17(28)12-16(25)13-21(24)29/h15-16,18-20,24,32H,4-14H2,1-3H3,(H,27,31)/t15-,16+,18-,19+,20+,24+,25+,26-/m1/s1. The number of carbonyl (C=O) groups is 4. The molecule has 0 spiro atoms. The number of hydrogen-bond donors (Lipinski definition) is 2. The van der Waals surface area contributed by atoms with Crippen LogP contribution >= 0.6 is 12.6 Å². The minimum Gasteiger partial charge on any atom is -0.355 e. The third kappa shape index (κ3) is 3.78. The van der Waals surface area contributed by atoms with E-state index in [1.165, 1.54) is 0 Å². The van der Waals surface area contributed by atoms with Crippen molar-refractivity contribution in [1.82, 2.24) is 5.32 Å². The monoisotopic (exact) mass is 461 g/mol. The van der Waals surface area contributed by atoms with Crippen LogP contribution in [-0.4, -0.2) is 35.6 Å². The maximum Gasteiger partial charge on any atom is 0.220 e. The summed E-state index contributed by atoms with van der Waals surface area (Å²) in [5, 5.41) is 2.88. The van der Waals surface area contributed by atoms with Crippen LogP contribution in [0.2, 0.25) is 0 Å². The van der Waals surface area contributed by atoms with Crippen molar-refractivity contribution in [2.45, 2.75) is 78.6 Å². The van der Waals surface area contributed by atoms with Crippen molar-refractivity contribution in [3.05, 3.63) is 0 Å². The predicted octanol–water partition coefficient (Wildman–Crippen LogP) is 4.03. The molecule has 1 N–H and O–H groups in total. The first-order valence-corrected chi connectivity index (χ1v) is 13.2. The van der Waals surface area contributed by atoms with Gasteiger partial charge in [-0.05, 0) is 60.7 Å². The first-order chi connectivity index (χ1) is 15.1. The SMILES string of the molecule is C[C@H](CCC(=O)NCCS)[C@H]1CC[C@H]2[C@@H]3C(=O)C[C@@H]4CC(=O)CC[C@]4(C)[C@H]3CC(=O)[C@]12C.